The number of nitrogens with zero attached hydrogens (tertiary/aromatic N) is 1. The van der Waals surface area contributed by atoms with Crippen molar-refractivity contribution in [3.8, 4) is 5.75 Å². The first-order valence-electron chi connectivity index (χ1n) is 7.90. The molecule has 0 saturated carbocycles. The van der Waals surface area contributed by atoms with Crippen LogP contribution in [0, 0.1) is 0 Å². The number of amides is 2. The van der Waals surface area contributed by atoms with Gasteiger partial charge in [0.1, 0.15) is 11.8 Å². The highest BCUT2D eigenvalue weighted by molar-refractivity contribution is 6.02. The van der Waals surface area contributed by atoms with E-state index < -0.39 is 24.5 Å². The zero-order valence-electron chi connectivity index (χ0n) is 14.0. The van der Waals surface area contributed by atoms with Crippen molar-refractivity contribution < 1.29 is 19.4 Å². The van der Waals surface area contributed by atoms with E-state index in [0.717, 1.165) is 10.9 Å². The van der Waals surface area contributed by atoms with Crippen molar-refractivity contribution in [1.29, 1.82) is 0 Å². The van der Waals surface area contributed by atoms with Crippen LogP contribution in [-0.4, -0.2) is 46.9 Å². The Bertz CT molecular complexity index is 938. The fraction of sp³-hybridized carbons (Fsp3) is 0.167. The molecule has 0 radical (unpaired) electrons. The Kier molecular flexibility index (Phi) is 5.14. The maximum Gasteiger partial charge on any atom is 0.252 e. The van der Waals surface area contributed by atoms with Crippen LogP contribution in [0.25, 0.3) is 10.9 Å². The van der Waals surface area contributed by atoms with Crippen LogP contribution in [0.1, 0.15) is 10.4 Å². The summed E-state index contributed by atoms with van der Waals surface area (Å²) >= 11 is 0. The van der Waals surface area contributed by atoms with E-state index in [2.05, 4.69) is 20.8 Å². The van der Waals surface area contributed by atoms with Gasteiger partial charge in [-0.25, -0.2) is 0 Å². The van der Waals surface area contributed by atoms with Crippen LogP contribution in [-0.2, 0) is 4.79 Å². The molecule has 1 aromatic heterocycles. The highest BCUT2D eigenvalue weighted by Gasteiger charge is 2.21. The fourth-order valence-corrected chi connectivity index (χ4v) is 2.44. The Morgan fingerprint density at radius 1 is 1.27 bits per heavy atom. The number of ether oxygens (including phenoxy) is 1. The summed E-state index contributed by atoms with van der Waals surface area (Å²) in [5, 5.41) is 22.3. The normalized spacial score (nSPS) is 11.8. The SMILES string of the molecule is COc1cccc(C(=O)N[C@@H](CO)C(=O)Nc2ccc3cn[nH]c3c2)c1. The molecule has 0 aliphatic heterocycles. The second-order valence-electron chi connectivity index (χ2n) is 5.60. The molecule has 0 unspecified atom stereocenters. The van der Waals surface area contributed by atoms with Crippen LogP contribution in [0.2, 0.25) is 0 Å². The number of hydrogen-bond donors (Lipinski definition) is 4. The Morgan fingerprint density at radius 3 is 2.88 bits per heavy atom. The smallest absolute Gasteiger partial charge is 0.252 e. The summed E-state index contributed by atoms with van der Waals surface area (Å²) in [7, 11) is 1.50. The Labute approximate surface area is 149 Å². The van der Waals surface area contributed by atoms with Crippen molar-refractivity contribution in [1.82, 2.24) is 15.5 Å². The Morgan fingerprint density at radius 2 is 2.12 bits per heavy atom. The maximum absolute atomic E-state index is 12.4. The summed E-state index contributed by atoms with van der Waals surface area (Å²) < 4.78 is 5.07. The second-order valence-corrected chi connectivity index (χ2v) is 5.60. The van der Waals surface area contributed by atoms with Crippen LogP contribution < -0.4 is 15.4 Å². The van der Waals surface area contributed by atoms with Crippen molar-refractivity contribution in [2.45, 2.75) is 6.04 Å². The third-order valence-electron chi connectivity index (χ3n) is 3.85. The van der Waals surface area contributed by atoms with E-state index in [4.69, 9.17) is 4.74 Å². The van der Waals surface area contributed by atoms with E-state index in [1.165, 1.54) is 7.11 Å². The summed E-state index contributed by atoms with van der Waals surface area (Å²) in [5.41, 5.74) is 1.62. The van der Waals surface area contributed by atoms with Gasteiger partial charge in [0.05, 0.1) is 25.4 Å². The number of aliphatic hydroxyl groups is 1. The molecule has 4 N–H and O–H groups in total. The van der Waals surface area contributed by atoms with Crippen LogP contribution >= 0.6 is 0 Å². The molecule has 26 heavy (non-hydrogen) atoms. The molecule has 8 nitrogen and oxygen atoms in total. The molecule has 3 aromatic rings. The molecule has 0 bridgehead atoms. The van der Waals surface area contributed by atoms with E-state index in [1.54, 1.807) is 48.7 Å². The van der Waals surface area contributed by atoms with Crippen molar-refractivity contribution in [3.63, 3.8) is 0 Å². The first kappa shape index (κ1) is 17.4. The maximum atomic E-state index is 12.4. The predicted molar refractivity (Wildman–Crippen MR) is 96.1 cm³/mol. The van der Waals surface area contributed by atoms with Crippen molar-refractivity contribution >= 4 is 28.4 Å². The predicted octanol–water partition coefficient (Wildman–Crippen LogP) is 1.30. The Balaban J connectivity index is 1.68. The lowest BCUT2D eigenvalue weighted by molar-refractivity contribution is -0.118. The lowest BCUT2D eigenvalue weighted by atomic mass is 10.1. The standard InChI is InChI=1S/C18H18N4O4/c1-26-14-4-2-3-11(7-14)17(24)21-16(10-23)18(25)20-13-6-5-12-9-19-22-15(12)8-13/h2-9,16,23H,10H2,1H3,(H,19,22)(H,20,25)(H,21,24)/t16-/m0/s1. The van der Waals surface area contributed by atoms with Gasteiger partial charge in [0, 0.05) is 16.6 Å². The lowest BCUT2D eigenvalue weighted by Gasteiger charge is -2.16. The molecule has 8 heteroatoms. The van der Waals surface area contributed by atoms with Crippen molar-refractivity contribution in [3.05, 3.63) is 54.2 Å². The van der Waals surface area contributed by atoms with Crippen molar-refractivity contribution in [2.75, 3.05) is 19.0 Å². The van der Waals surface area contributed by atoms with Gasteiger partial charge in [-0.2, -0.15) is 5.10 Å². The van der Waals surface area contributed by atoms with Gasteiger partial charge in [0.2, 0.25) is 5.91 Å². The highest BCUT2D eigenvalue weighted by Crippen LogP contribution is 2.17. The van der Waals surface area contributed by atoms with E-state index in [0.29, 0.717) is 17.0 Å². The van der Waals surface area contributed by atoms with E-state index in [9.17, 15) is 14.7 Å². The number of carbonyl (C=O) groups is 2. The van der Waals surface area contributed by atoms with E-state index >= 15 is 0 Å². The minimum Gasteiger partial charge on any atom is -0.497 e. The number of hydrogen-bond acceptors (Lipinski definition) is 5. The molecule has 0 fully saturated rings. The van der Waals surface area contributed by atoms with Gasteiger partial charge in [0.15, 0.2) is 0 Å². The minimum atomic E-state index is -1.09. The number of rotatable bonds is 6. The number of carbonyl (C=O) groups excluding carboxylic acids is 2. The first-order chi connectivity index (χ1) is 12.6. The molecule has 0 saturated heterocycles. The molecular formula is C18H18N4O4. The molecule has 2 aromatic carbocycles. The van der Waals surface area contributed by atoms with Crippen LogP contribution in [0.4, 0.5) is 5.69 Å². The van der Waals surface area contributed by atoms with E-state index in [-0.39, 0.29) is 0 Å². The van der Waals surface area contributed by atoms with Crippen molar-refractivity contribution in [2.24, 2.45) is 0 Å². The second kappa shape index (κ2) is 7.66. The molecule has 1 atom stereocenters. The topological polar surface area (TPSA) is 116 Å². The first-order valence-corrected chi connectivity index (χ1v) is 7.90. The summed E-state index contributed by atoms with van der Waals surface area (Å²) in [4.78, 5) is 24.7. The number of methoxy groups -OCH3 is 1. The average molecular weight is 354 g/mol. The largest absolute Gasteiger partial charge is 0.497 e. The summed E-state index contributed by atoms with van der Waals surface area (Å²) in [6.45, 7) is -0.534. The summed E-state index contributed by atoms with van der Waals surface area (Å²) in [6.07, 6.45) is 1.67. The van der Waals surface area contributed by atoms with Gasteiger partial charge in [-0.15, -0.1) is 0 Å². The molecule has 0 spiro atoms. The molecule has 3 rings (SSSR count). The van der Waals surface area contributed by atoms with Crippen LogP contribution in [0.5, 0.6) is 5.75 Å². The summed E-state index contributed by atoms with van der Waals surface area (Å²) in [5.74, 6) is -0.486. The van der Waals surface area contributed by atoms with Gasteiger partial charge in [-0.1, -0.05) is 6.07 Å². The number of aromatic nitrogens is 2. The van der Waals surface area contributed by atoms with Gasteiger partial charge in [-0.05, 0) is 36.4 Å². The number of anilines is 1. The number of nitrogens with one attached hydrogen (secondary N) is 3. The number of benzene rings is 2. The number of H-pyrrole nitrogens is 1. The third-order valence-corrected chi connectivity index (χ3v) is 3.85. The number of aromatic amines is 1. The molecule has 134 valence electrons. The van der Waals surface area contributed by atoms with Crippen LogP contribution in [0.3, 0.4) is 0 Å². The zero-order chi connectivity index (χ0) is 18.5. The van der Waals surface area contributed by atoms with Gasteiger partial charge < -0.3 is 20.5 Å². The molecule has 2 amide bonds. The molecule has 0 aliphatic carbocycles. The average Bonchev–Trinajstić information content (AvgIpc) is 3.13. The zero-order valence-corrected chi connectivity index (χ0v) is 14.0. The van der Waals surface area contributed by atoms with E-state index in [1.807, 2.05) is 0 Å². The molecule has 1 heterocycles. The third kappa shape index (κ3) is 3.81. The quantitative estimate of drug-likeness (QED) is 0.532. The highest BCUT2D eigenvalue weighted by atomic mass is 16.5. The van der Waals surface area contributed by atoms with Crippen LogP contribution in [0.15, 0.2) is 48.7 Å². The molecule has 0 aliphatic rings. The summed E-state index contributed by atoms with van der Waals surface area (Å²) in [6, 6.07) is 10.7. The Hall–Kier alpha value is -3.39. The lowest BCUT2D eigenvalue weighted by Crippen LogP contribution is -2.46. The number of fused-ring (bicyclic) bond motifs is 1. The molecular weight excluding hydrogens is 336 g/mol. The van der Waals surface area contributed by atoms with Gasteiger partial charge in [-0.3, -0.25) is 14.7 Å². The minimum absolute atomic E-state index is 0.328. The monoisotopic (exact) mass is 354 g/mol. The fourth-order valence-electron chi connectivity index (χ4n) is 2.44. The van der Waals surface area contributed by atoms with Gasteiger partial charge in [0.25, 0.3) is 5.91 Å². The number of aliphatic hydroxyl groups excluding tert-OH is 1. The van der Waals surface area contributed by atoms with Gasteiger partial charge >= 0.3 is 0 Å².